The highest BCUT2D eigenvalue weighted by Gasteiger charge is 2.01. The van der Waals surface area contributed by atoms with Gasteiger partial charge in [0.05, 0.1) is 0 Å². The van der Waals surface area contributed by atoms with Crippen molar-refractivity contribution in [3.05, 3.63) is 39.5 Å². The van der Waals surface area contributed by atoms with E-state index in [9.17, 15) is 0 Å². The van der Waals surface area contributed by atoms with Crippen molar-refractivity contribution in [2.75, 3.05) is 0 Å². The van der Waals surface area contributed by atoms with Gasteiger partial charge in [0.15, 0.2) is 0 Å². The van der Waals surface area contributed by atoms with Gasteiger partial charge in [0, 0.05) is 5.52 Å². The SMILES string of the molecule is Cc1ccc2cc(C)c(=S)[nH]c2c1C. The van der Waals surface area contributed by atoms with E-state index in [4.69, 9.17) is 12.2 Å². The van der Waals surface area contributed by atoms with Crippen LogP contribution in [0.1, 0.15) is 16.7 Å². The number of rotatable bonds is 0. The molecule has 2 aromatic rings. The monoisotopic (exact) mass is 203 g/mol. The fourth-order valence-corrected chi connectivity index (χ4v) is 1.79. The Labute approximate surface area is 88.8 Å². The van der Waals surface area contributed by atoms with E-state index in [0.717, 1.165) is 10.2 Å². The number of fused-ring (bicyclic) bond motifs is 1. The molecule has 0 saturated carbocycles. The number of aromatic nitrogens is 1. The Balaban J connectivity index is 2.97. The molecule has 1 N–H and O–H groups in total. The van der Waals surface area contributed by atoms with E-state index in [1.165, 1.54) is 22.0 Å². The first-order valence-electron chi connectivity index (χ1n) is 4.69. The van der Waals surface area contributed by atoms with Crippen molar-refractivity contribution in [1.82, 2.24) is 4.98 Å². The Morgan fingerprint density at radius 2 is 1.79 bits per heavy atom. The standard InChI is InChI=1S/C12H13NS/c1-7-4-5-10-6-8(2)12(14)13-11(10)9(7)3/h4-6H,1-3H3,(H,13,14). The van der Waals surface area contributed by atoms with Crippen LogP contribution in [-0.4, -0.2) is 4.98 Å². The molecule has 0 aliphatic carbocycles. The first-order chi connectivity index (χ1) is 6.59. The number of aryl methyl sites for hydroxylation is 3. The second kappa shape index (κ2) is 3.21. The van der Waals surface area contributed by atoms with Crippen molar-refractivity contribution in [2.24, 2.45) is 0 Å². The number of pyridine rings is 1. The molecule has 1 aromatic carbocycles. The van der Waals surface area contributed by atoms with Gasteiger partial charge in [-0.15, -0.1) is 0 Å². The number of H-pyrrole nitrogens is 1. The summed E-state index contributed by atoms with van der Waals surface area (Å²) in [5.74, 6) is 0. The average Bonchev–Trinajstić information content (AvgIpc) is 2.15. The van der Waals surface area contributed by atoms with Gasteiger partial charge in [0.25, 0.3) is 0 Å². The molecule has 0 amide bonds. The molecule has 72 valence electrons. The minimum Gasteiger partial charge on any atom is -0.346 e. The number of nitrogens with one attached hydrogen (secondary N) is 1. The van der Waals surface area contributed by atoms with Crippen molar-refractivity contribution >= 4 is 23.1 Å². The maximum Gasteiger partial charge on any atom is 0.106 e. The molecule has 0 bridgehead atoms. The number of benzene rings is 1. The lowest BCUT2D eigenvalue weighted by atomic mass is 10.0. The molecule has 0 saturated heterocycles. The molecule has 0 aliphatic rings. The Morgan fingerprint density at radius 1 is 1.07 bits per heavy atom. The van der Waals surface area contributed by atoms with Gasteiger partial charge >= 0.3 is 0 Å². The van der Waals surface area contributed by atoms with Crippen LogP contribution in [0, 0.1) is 25.4 Å². The molecule has 0 radical (unpaired) electrons. The first kappa shape index (κ1) is 9.41. The third kappa shape index (κ3) is 1.36. The topological polar surface area (TPSA) is 15.8 Å². The van der Waals surface area contributed by atoms with E-state index in [2.05, 4.69) is 37.0 Å². The Hall–Kier alpha value is -1.15. The maximum atomic E-state index is 5.23. The van der Waals surface area contributed by atoms with E-state index in [1.807, 2.05) is 6.92 Å². The van der Waals surface area contributed by atoms with Gasteiger partial charge < -0.3 is 4.98 Å². The average molecular weight is 203 g/mol. The van der Waals surface area contributed by atoms with Crippen molar-refractivity contribution in [2.45, 2.75) is 20.8 Å². The largest absolute Gasteiger partial charge is 0.346 e. The van der Waals surface area contributed by atoms with Crippen LogP contribution in [0.2, 0.25) is 0 Å². The third-order valence-corrected chi connectivity index (χ3v) is 3.16. The van der Waals surface area contributed by atoms with E-state index >= 15 is 0 Å². The molecule has 14 heavy (non-hydrogen) atoms. The smallest absolute Gasteiger partial charge is 0.106 e. The lowest BCUT2D eigenvalue weighted by Crippen LogP contribution is -1.89. The second-order valence-corrected chi connectivity index (χ2v) is 4.16. The summed E-state index contributed by atoms with van der Waals surface area (Å²) in [6.45, 7) is 6.28. The summed E-state index contributed by atoms with van der Waals surface area (Å²) >= 11 is 5.23. The van der Waals surface area contributed by atoms with E-state index < -0.39 is 0 Å². The van der Waals surface area contributed by atoms with Crippen molar-refractivity contribution < 1.29 is 0 Å². The predicted octanol–water partition coefficient (Wildman–Crippen LogP) is 3.82. The Bertz CT molecular complexity index is 552. The molecular weight excluding hydrogens is 190 g/mol. The van der Waals surface area contributed by atoms with Crippen LogP contribution >= 0.6 is 12.2 Å². The molecule has 0 fully saturated rings. The molecule has 0 unspecified atom stereocenters. The molecule has 1 heterocycles. The lowest BCUT2D eigenvalue weighted by Gasteiger charge is -2.06. The van der Waals surface area contributed by atoms with Gasteiger partial charge in [-0.2, -0.15) is 0 Å². The van der Waals surface area contributed by atoms with Gasteiger partial charge in [0.2, 0.25) is 0 Å². The minimum atomic E-state index is 0.839. The number of hydrogen-bond donors (Lipinski definition) is 1. The van der Waals surface area contributed by atoms with E-state index in [1.54, 1.807) is 0 Å². The summed E-state index contributed by atoms with van der Waals surface area (Å²) in [6.07, 6.45) is 0. The molecule has 2 rings (SSSR count). The normalized spacial score (nSPS) is 10.8. The highest BCUT2D eigenvalue weighted by molar-refractivity contribution is 7.71. The molecule has 1 aromatic heterocycles. The molecule has 1 nitrogen and oxygen atoms in total. The van der Waals surface area contributed by atoms with Crippen LogP contribution in [-0.2, 0) is 0 Å². The van der Waals surface area contributed by atoms with Gasteiger partial charge in [-0.25, -0.2) is 0 Å². The lowest BCUT2D eigenvalue weighted by molar-refractivity contribution is 1.26. The van der Waals surface area contributed by atoms with Crippen LogP contribution < -0.4 is 0 Å². The predicted molar refractivity (Wildman–Crippen MR) is 63.3 cm³/mol. The molecule has 0 aliphatic heterocycles. The zero-order chi connectivity index (χ0) is 10.3. The zero-order valence-electron chi connectivity index (χ0n) is 8.64. The zero-order valence-corrected chi connectivity index (χ0v) is 9.46. The fraction of sp³-hybridized carbons (Fsp3) is 0.250. The fourth-order valence-electron chi connectivity index (χ4n) is 1.63. The Morgan fingerprint density at radius 3 is 2.50 bits per heavy atom. The highest BCUT2D eigenvalue weighted by atomic mass is 32.1. The quantitative estimate of drug-likeness (QED) is 0.643. The molecule has 0 spiro atoms. The summed E-state index contributed by atoms with van der Waals surface area (Å²) in [7, 11) is 0. The number of hydrogen-bond acceptors (Lipinski definition) is 1. The van der Waals surface area contributed by atoms with Crippen molar-refractivity contribution in [1.29, 1.82) is 0 Å². The van der Waals surface area contributed by atoms with E-state index in [0.29, 0.717) is 0 Å². The summed E-state index contributed by atoms with van der Waals surface area (Å²) in [5, 5.41) is 1.24. The van der Waals surface area contributed by atoms with Crippen LogP contribution in [0.3, 0.4) is 0 Å². The van der Waals surface area contributed by atoms with Crippen molar-refractivity contribution in [3.63, 3.8) is 0 Å². The summed E-state index contributed by atoms with van der Waals surface area (Å²) in [6, 6.07) is 6.42. The number of aromatic amines is 1. The molecule has 0 atom stereocenters. The van der Waals surface area contributed by atoms with Crippen LogP contribution in [0.15, 0.2) is 18.2 Å². The Kier molecular flexibility index (Phi) is 2.16. The van der Waals surface area contributed by atoms with Crippen molar-refractivity contribution in [3.8, 4) is 0 Å². The second-order valence-electron chi connectivity index (χ2n) is 3.75. The van der Waals surface area contributed by atoms with Crippen LogP contribution in [0.4, 0.5) is 0 Å². The van der Waals surface area contributed by atoms with Gasteiger partial charge in [-0.3, -0.25) is 0 Å². The third-order valence-electron chi connectivity index (χ3n) is 2.74. The molecular formula is C12H13NS. The summed E-state index contributed by atoms with van der Waals surface area (Å²) < 4.78 is 0.839. The van der Waals surface area contributed by atoms with Gasteiger partial charge in [-0.05, 0) is 48.9 Å². The minimum absolute atomic E-state index is 0.839. The van der Waals surface area contributed by atoms with Gasteiger partial charge in [0.1, 0.15) is 4.64 Å². The van der Waals surface area contributed by atoms with Gasteiger partial charge in [-0.1, -0.05) is 24.4 Å². The summed E-state index contributed by atoms with van der Waals surface area (Å²) in [5.41, 5.74) is 4.89. The highest BCUT2D eigenvalue weighted by Crippen LogP contribution is 2.20. The molecule has 2 heteroatoms. The van der Waals surface area contributed by atoms with Crippen LogP contribution in [0.25, 0.3) is 10.9 Å². The van der Waals surface area contributed by atoms with Crippen LogP contribution in [0.5, 0.6) is 0 Å². The summed E-state index contributed by atoms with van der Waals surface area (Å²) in [4.78, 5) is 3.28. The first-order valence-corrected chi connectivity index (χ1v) is 5.10. The maximum absolute atomic E-state index is 5.23. The van der Waals surface area contributed by atoms with E-state index in [-0.39, 0.29) is 0 Å².